The summed E-state index contributed by atoms with van der Waals surface area (Å²) in [4.78, 5) is 0. The molecule has 0 saturated carbocycles. The van der Waals surface area contributed by atoms with Gasteiger partial charge in [0, 0.05) is 5.92 Å². The van der Waals surface area contributed by atoms with Gasteiger partial charge in [-0.05, 0) is 334 Å². The average Bonchev–Trinajstić information content (AvgIpc) is 1.37. The zero-order chi connectivity index (χ0) is 56.2. The van der Waals surface area contributed by atoms with Crippen LogP contribution >= 0.6 is 0 Å². The first-order chi connectivity index (χ1) is 45.8. The van der Waals surface area contributed by atoms with E-state index in [-0.39, 0.29) is 5.92 Å². The van der Waals surface area contributed by atoms with Crippen molar-refractivity contribution in [2.75, 3.05) is 0 Å². The first kappa shape index (κ1) is 38.6. The molecule has 0 amide bonds. The first-order valence-corrected chi connectivity index (χ1v) is 34.3. The van der Waals surface area contributed by atoms with Crippen LogP contribution < -0.4 is 0 Å². The van der Waals surface area contributed by atoms with Gasteiger partial charge in [-0.1, -0.05) is 152 Å². The minimum absolute atomic E-state index is 0.00575. The molecule has 0 bridgehead atoms. The lowest BCUT2D eigenvalue weighted by atomic mass is 9.40. The largest absolute Gasteiger partial charge is 0.0693 e. The second-order valence-electron chi connectivity index (χ2n) is 32.3. The predicted molar refractivity (Wildman–Crippen MR) is 376 cm³/mol. The lowest BCUT2D eigenvalue weighted by Gasteiger charge is -2.60. The Morgan fingerprint density at radius 2 is 0.402 bits per heavy atom. The average molecular weight is 1140 g/mol. The van der Waals surface area contributed by atoms with Crippen LogP contribution in [0.2, 0.25) is 0 Å². The molecule has 11 aliphatic carbocycles. The van der Waals surface area contributed by atoms with Crippen molar-refractivity contribution in [1.82, 2.24) is 0 Å². The molecule has 26 aromatic rings. The van der Waals surface area contributed by atoms with Crippen LogP contribution in [0.15, 0.2) is 174 Å². The van der Waals surface area contributed by atoms with Crippen molar-refractivity contribution in [3.63, 3.8) is 0 Å². The molecule has 37 rings (SSSR count). The summed E-state index contributed by atoms with van der Waals surface area (Å²) in [5, 5.41) is 65.8. The van der Waals surface area contributed by atoms with Crippen LogP contribution in [0.25, 0.3) is 215 Å². The van der Waals surface area contributed by atoms with E-state index in [0.29, 0.717) is 0 Å². The van der Waals surface area contributed by atoms with Gasteiger partial charge in [0.2, 0.25) is 0 Å². The van der Waals surface area contributed by atoms with E-state index in [1.807, 2.05) is 0 Å². The van der Waals surface area contributed by atoms with Crippen LogP contribution in [0.1, 0.15) is 83.5 Å². The molecule has 0 heterocycles. The fraction of sp³-hybridized carbons (Fsp3) is 0.0870. The minimum atomic E-state index is -0.585. The van der Waals surface area contributed by atoms with Crippen LogP contribution in [0.5, 0.6) is 0 Å². The maximum absolute atomic E-state index is 2.68. The molecule has 0 aromatic heterocycles. The normalized spacial score (nSPS) is 26.4. The van der Waals surface area contributed by atoms with Gasteiger partial charge >= 0.3 is 0 Å². The third kappa shape index (κ3) is 2.41. The maximum Gasteiger partial charge on any atom is 0.0693 e. The molecule has 0 radical (unpaired) electrons. The summed E-state index contributed by atoms with van der Waals surface area (Å²) in [5.74, 6) is 0.00575. The highest BCUT2D eigenvalue weighted by atomic mass is 14.8. The van der Waals surface area contributed by atoms with E-state index in [0.717, 1.165) is 12.8 Å². The summed E-state index contributed by atoms with van der Waals surface area (Å²) in [5.41, 5.74) is 29.0. The molecule has 0 N–H and O–H groups in total. The van der Waals surface area contributed by atoms with Crippen LogP contribution in [0, 0.1) is 5.92 Å². The quantitative estimate of drug-likeness (QED) is 0.140. The summed E-state index contributed by atoms with van der Waals surface area (Å²) in [6.45, 7) is 0. The van der Waals surface area contributed by atoms with E-state index in [2.05, 4.69) is 152 Å². The topological polar surface area (TPSA) is 0 Å². The molecule has 2 unspecified atom stereocenters. The molecule has 0 aliphatic heterocycles. The number of hydrogen-bond acceptors (Lipinski definition) is 0. The molecule has 26 aromatic carbocycles. The fourth-order valence-electron chi connectivity index (χ4n) is 30.8. The zero-order valence-electron chi connectivity index (χ0n) is 48.4. The van der Waals surface area contributed by atoms with Gasteiger partial charge < -0.3 is 0 Å². The highest BCUT2D eigenvalue weighted by molar-refractivity contribution is 6.77. The molecule has 398 valence electrons. The molecule has 11 aliphatic rings. The second-order valence-corrected chi connectivity index (χ2v) is 32.3. The Labute approximate surface area is 515 Å². The molecular formula is C92H30. The Morgan fingerprint density at radius 1 is 0.196 bits per heavy atom. The van der Waals surface area contributed by atoms with Crippen molar-refractivity contribution in [1.29, 1.82) is 0 Å². The molecule has 0 saturated heterocycles. The lowest BCUT2D eigenvalue weighted by molar-refractivity contribution is 0.366. The second kappa shape index (κ2) is 9.80. The zero-order valence-corrected chi connectivity index (χ0v) is 48.4. The highest BCUT2D eigenvalue weighted by Gasteiger charge is 2.82. The maximum atomic E-state index is 2.68. The van der Waals surface area contributed by atoms with Crippen molar-refractivity contribution in [3.8, 4) is 0 Å². The van der Waals surface area contributed by atoms with Gasteiger partial charge in [-0.25, -0.2) is 0 Å². The minimum Gasteiger partial charge on any atom is -0.0622 e. The molecule has 0 nitrogen and oxygen atoms in total. The fourth-order valence-corrected chi connectivity index (χ4v) is 30.8. The van der Waals surface area contributed by atoms with Crippen LogP contribution in [0.4, 0.5) is 0 Å². The highest BCUT2D eigenvalue weighted by Crippen LogP contribution is 2.92. The summed E-state index contributed by atoms with van der Waals surface area (Å²) in [6, 6.07) is 62.2. The Bertz CT molecular complexity index is 8000. The van der Waals surface area contributed by atoms with Gasteiger partial charge in [0.15, 0.2) is 0 Å². The lowest BCUT2D eigenvalue weighted by Crippen LogP contribution is -2.57. The number of benzene rings is 20. The summed E-state index contributed by atoms with van der Waals surface area (Å²) in [6.07, 6.45) is 1.88. The summed E-state index contributed by atoms with van der Waals surface area (Å²) in [7, 11) is 0. The monoisotopic (exact) mass is 1130 g/mol. The van der Waals surface area contributed by atoms with Gasteiger partial charge in [0.1, 0.15) is 0 Å². The van der Waals surface area contributed by atoms with E-state index in [9.17, 15) is 0 Å². The van der Waals surface area contributed by atoms with Gasteiger partial charge in [-0.3, -0.25) is 0 Å². The molecule has 0 spiro atoms. The Morgan fingerprint density at radius 3 is 0.685 bits per heavy atom. The van der Waals surface area contributed by atoms with Crippen molar-refractivity contribution in [2.45, 2.75) is 39.9 Å². The van der Waals surface area contributed by atoms with E-state index in [1.165, 1.54) is 27.8 Å². The first-order valence-electron chi connectivity index (χ1n) is 34.3. The molecule has 0 heteroatoms. The molecule has 0 fully saturated rings. The SMILES string of the molecule is c1ccc(C[C@]23C4=C5C6C7=C4[C@]4(Cc8ccccc8)c8c2c2c9c3c3c%10c%11c(c%12c%13c%14c(c%15c%16c%17c(c4c4c8c8c2c2c%18c9c%10c9c%10c%11c%13c%11c%13c%14c%16c%14c%16c%17c4c4c8c2c2c(c%189)c(c%11%10)c(c%13%14)c2c4%16)[C@@]7%15c2ccccc2)C%126c2ccccc2)[C@@]53c2ccccc2)cc1. The van der Waals surface area contributed by atoms with E-state index in [4.69, 9.17) is 0 Å². The number of rotatable bonds is 7. The van der Waals surface area contributed by atoms with Crippen molar-refractivity contribution in [2.24, 2.45) is 5.92 Å². The van der Waals surface area contributed by atoms with Crippen molar-refractivity contribution in [3.05, 3.63) is 257 Å². The van der Waals surface area contributed by atoms with E-state index in [1.54, 1.807) is 293 Å². The standard InChI is InChI=1S/C92H30/c1-6-16-28(17-7-1)26-88-73-63-53-43-38-33-34-36-37-35(33)40-46-44(38)54(53)64-66-56(46)58-48(40)50-42(37)52-51-41(36)49-47-39(34)45(43)55-57(47)67-69-59(49)61(51)71-72-62(52)60(50)70-68(58)78-76(66)89(74(64)73,27-29-18-8-2-9-19-29)84-83(88)85-87-86(84)91(78,31-22-12-4-13-23-31)80(70)82(72)92(87,32-24-14-5-15-25-32)81(71)79(69)90(85,30-20-10-3-11-21-30)77(67)75(88)65(55)63/h1-25,87H,26-27H2/t87?,88-,89+,90-,91+,92?. The third-order valence-electron chi connectivity index (χ3n) is 31.2. The summed E-state index contributed by atoms with van der Waals surface area (Å²) < 4.78 is 0. The van der Waals surface area contributed by atoms with E-state index >= 15 is 0 Å². The van der Waals surface area contributed by atoms with Crippen LogP contribution in [-0.2, 0) is 39.9 Å². The van der Waals surface area contributed by atoms with Gasteiger partial charge in [0.05, 0.1) is 27.1 Å². The van der Waals surface area contributed by atoms with E-state index < -0.39 is 27.1 Å². The Hall–Kier alpha value is -10.9. The van der Waals surface area contributed by atoms with Gasteiger partial charge in [-0.2, -0.15) is 0 Å². The molecular weight excluding hydrogens is 1110 g/mol. The van der Waals surface area contributed by atoms with Crippen LogP contribution in [-0.4, -0.2) is 0 Å². The molecule has 6 atom stereocenters. The Kier molecular flexibility index (Phi) is 4.11. The van der Waals surface area contributed by atoms with Crippen molar-refractivity contribution >= 4 is 215 Å². The molecule has 92 heavy (non-hydrogen) atoms. The third-order valence-corrected chi connectivity index (χ3v) is 31.2. The predicted octanol–water partition coefficient (Wildman–Crippen LogP) is 21.5. The smallest absolute Gasteiger partial charge is 0.0622 e. The van der Waals surface area contributed by atoms with Crippen molar-refractivity contribution < 1.29 is 0 Å². The summed E-state index contributed by atoms with van der Waals surface area (Å²) >= 11 is 0. The van der Waals surface area contributed by atoms with Gasteiger partial charge in [-0.15, -0.1) is 0 Å². The number of allylic oxidation sites excluding steroid dienone is 4. The van der Waals surface area contributed by atoms with Gasteiger partial charge in [0.25, 0.3) is 0 Å². The van der Waals surface area contributed by atoms with Crippen LogP contribution in [0.3, 0.4) is 0 Å². The Balaban J connectivity index is 1.03. The number of hydrogen-bond donors (Lipinski definition) is 0.